The lowest BCUT2D eigenvalue weighted by Crippen LogP contribution is -2.48. The largest absolute Gasteiger partial charge is 0.436 e. The Kier molecular flexibility index (Phi) is 5.18. The fourth-order valence-corrected chi connectivity index (χ4v) is 7.33. The molecule has 7 heteroatoms. The van der Waals surface area contributed by atoms with Crippen molar-refractivity contribution in [1.82, 2.24) is 10.3 Å². The van der Waals surface area contributed by atoms with Crippen molar-refractivity contribution in [2.75, 3.05) is 5.32 Å². The number of benzene rings is 2. The Morgan fingerprint density at radius 3 is 2.55 bits per heavy atom. The molecular weight excluding hydrogens is 454 g/mol. The summed E-state index contributed by atoms with van der Waals surface area (Å²) in [6.45, 7) is 0. The van der Waals surface area contributed by atoms with Crippen molar-refractivity contribution in [2.45, 2.75) is 44.9 Å². The summed E-state index contributed by atoms with van der Waals surface area (Å²) in [6.07, 6.45) is 8.36. The summed E-state index contributed by atoms with van der Waals surface area (Å²) in [6, 6.07) is 13.0. The van der Waals surface area contributed by atoms with Gasteiger partial charge in [0.15, 0.2) is 10.7 Å². The van der Waals surface area contributed by atoms with E-state index in [1.54, 1.807) is 12.1 Å². The number of fused-ring (bicyclic) bond motifs is 1. The Hall–Kier alpha value is -2.44. The highest BCUT2D eigenvalue weighted by atomic mass is 35.5. The normalized spacial score (nSPS) is 27.6. The Morgan fingerprint density at radius 2 is 1.82 bits per heavy atom. The second-order valence-corrected chi connectivity index (χ2v) is 11.2. The minimum absolute atomic E-state index is 0.0291. The first kappa shape index (κ1) is 21.1. The average molecular weight is 480 g/mol. The molecule has 0 saturated heterocycles. The monoisotopic (exact) mass is 479 g/mol. The molecule has 33 heavy (non-hydrogen) atoms. The van der Waals surface area contributed by atoms with E-state index in [1.165, 1.54) is 38.5 Å². The van der Waals surface area contributed by atoms with E-state index in [1.807, 2.05) is 30.3 Å². The first-order valence-electron chi connectivity index (χ1n) is 11.7. The van der Waals surface area contributed by atoms with Gasteiger partial charge in [0.2, 0.25) is 11.8 Å². The smallest absolute Gasteiger partial charge is 0.227 e. The zero-order valence-electron chi connectivity index (χ0n) is 18.3. The van der Waals surface area contributed by atoms with Crippen LogP contribution in [0.15, 0.2) is 46.9 Å². The van der Waals surface area contributed by atoms with Crippen molar-refractivity contribution in [1.29, 1.82) is 0 Å². The summed E-state index contributed by atoms with van der Waals surface area (Å²) in [5, 5.41) is 7.00. The molecule has 0 radical (unpaired) electrons. The standard InChI is InChI=1S/C26H26ClN3O2S/c27-19-4-5-22-21(10-19)29-24(32-22)18-2-1-3-20(9-18)28-25(33)30-23(31)14-26-11-15-6-16(12-26)8-17(7-15)13-26/h1-5,9-10,15-17H,6-8,11-14H2,(H2,28,30,31,33). The number of hydrogen-bond donors (Lipinski definition) is 2. The number of thiocarbonyl (C=S) groups is 1. The average Bonchev–Trinajstić information content (AvgIpc) is 3.15. The molecule has 4 bridgehead atoms. The van der Waals surface area contributed by atoms with Gasteiger partial charge in [-0.3, -0.25) is 4.79 Å². The van der Waals surface area contributed by atoms with Crippen molar-refractivity contribution in [2.24, 2.45) is 23.2 Å². The third-order valence-corrected chi connectivity index (χ3v) is 8.11. The van der Waals surface area contributed by atoms with Gasteiger partial charge < -0.3 is 15.1 Å². The van der Waals surface area contributed by atoms with Crippen LogP contribution in [0.5, 0.6) is 0 Å². The molecule has 0 unspecified atom stereocenters. The quantitative estimate of drug-likeness (QED) is 0.414. The summed E-state index contributed by atoms with van der Waals surface area (Å²) < 4.78 is 5.87. The minimum Gasteiger partial charge on any atom is -0.436 e. The molecule has 5 nitrogen and oxygen atoms in total. The molecule has 170 valence electrons. The maximum Gasteiger partial charge on any atom is 0.227 e. The van der Waals surface area contributed by atoms with E-state index < -0.39 is 0 Å². The van der Waals surface area contributed by atoms with Gasteiger partial charge in [0.25, 0.3) is 0 Å². The zero-order valence-corrected chi connectivity index (χ0v) is 19.8. The molecule has 2 N–H and O–H groups in total. The lowest BCUT2D eigenvalue weighted by atomic mass is 9.49. The summed E-state index contributed by atoms with van der Waals surface area (Å²) >= 11 is 11.5. The Labute approximate surface area is 203 Å². The van der Waals surface area contributed by atoms with E-state index in [4.69, 9.17) is 28.2 Å². The Balaban J connectivity index is 1.11. The van der Waals surface area contributed by atoms with Crippen molar-refractivity contribution >= 4 is 51.6 Å². The van der Waals surface area contributed by atoms with E-state index in [0.717, 1.165) is 29.0 Å². The van der Waals surface area contributed by atoms with Crippen LogP contribution in [-0.2, 0) is 4.79 Å². The third kappa shape index (κ3) is 4.26. The summed E-state index contributed by atoms with van der Waals surface area (Å²) in [5.41, 5.74) is 3.18. The number of halogens is 1. The van der Waals surface area contributed by atoms with Crippen LogP contribution in [0, 0.1) is 23.2 Å². The molecule has 2 aromatic carbocycles. The van der Waals surface area contributed by atoms with Crippen LogP contribution >= 0.6 is 23.8 Å². The first-order valence-corrected chi connectivity index (χ1v) is 12.5. The molecule has 0 aliphatic heterocycles. The topological polar surface area (TPSA) is 67.2 Å². The van der Waals surface area contributed by atoms with Gasteiger partial charge in [-0.05, 0) is 110 Å². The molecule has 4 aliphatic rings. The number of aromatic nitrogens is 1. The maximum absolute atomic E-state index is 12.9. The number of anilines is 1. The van der Waals surface area contributed by atoms with Crippen molar-refractivity contribution in [3.8, 4) is 11.5 Å². The molecule has 1 amide bonds. The minimum atomic E-state index is 0.0291. The molecule has 0 spiro atoms. The van der Waals surface area contributed by atoms with Crippen LogP contribution in [0.1, 0.15) is 44.9 Å². The maximum atomic E-state index is 12.9. The highest BCUT2D eigenvalue weighted by Crippen LogP contribution is 2.61. The fraction of sp³-hybridized carbons (Fsp3) is 0.423. The highest BCUT2D eigenvalue weighted by molar-refractivity contribution is 7.80. The van der Waals surface area contributed by atoms with Crippen molar-refractivity contribution in [3.05, 3.63) is 47.5 Å². The molecule has 4 fully saturated rings. The lowest BCUT2D eigenvalue weighted by molar-refractivity contribution is -0.127. The van der Waals surface area contributed by atoms with E-state index in [-0.39, 0.29) is 11.3 Å². The van der Waals surface area contributed by atoms with Gasteiger partial charge in [-0.2, -0.15) is 0 Å². The molecule has 0 atom stereocenters. The number of carbonyl (C=O) groups excluding carboxylic acids is 1. The number of amides is 1. The van der Waals surface area contributed by atoms with Crippen molar-refractivity contribution < 1.29 is 9.21 Å². The second kappa shape index (κ2) is 8.10. The molecule has 3 aromatic rings. The van der Waals surface area contributed by atoms with Gasteiger partial charge >= 0.3 is 0 Å². The van der Waals surface area contributed by atoms with Crippen LogP contribution < -0.4 is 10.6 Å². The molecule has 1 aromatic heterocycles. The number of hydrogen-bond acceptors (Lipinski definition) is 4. The van der Waals surface area contributed by atoms with Gasteiger partial charge in [0.1, 0.15) is 5.52 Å². The van der Waals surface area contributed by atoms with E-state index >= 15 is 0 Å². The van der Waals surface area contributed by atoms with Gasteiger partial charge in [-0.1, -0.05) is 17.7 Å². The predicted molar refractivity (Wildman–Crippen MR) is 134 cm³/mol. The predicted octanol–water partition coefficient (Wildman–Crippen LogP) is 6.57. The third-order valence-electron chi connectivity index (χ3n) is 7.67. The highest BCUT2D eigenvalue weighted by Gasteiger charge is 2.51. The van der Waals surface area contributed by atoms with Crippen LogP contribution in [0.2, 0.25) is 5.02 Å². The van der Waals surface area contributed by atoms with Gasteiger partial charge in [-0.15, -0.1) is 0 Å². The number of oxazole rings is 1. The summed E-state index contributed by atoms with van der Waals surface area (Å²) in [5.74, 6) is 3.04. The fourth-order valence-electron chi connectivity index (χ4n) is 6.93. The van der Waals surface area contributed by atoms with Gasteiger partial charge in [0, 0.05) is 22.7 Å². The van der Waals surface area contributed by atoms with Crippen LogP contribution in [0.4, 0.5) is 5.69 Å². The Morgan fingerprint density at radius 1 is 1.09 bits per heavy atom. The Bertz CT molecular complexity index is 1220. The van der Waals surface area contributed by atoms with E-state index in [9.17, 15) is 4.79 Å². The molecule has 4 aliphatic carbocycles. The molecule has 1 heterocycles. The summed E-state index contributed by atoms with van der Waals surface area (Å²) in [7, 11) is 0. The number of nitrogens with one attached hydrogen (secondary N) is 2. The summed E-state index contributed by atoms with van der Waals surface area (Å²) in [4.78, 5) is 17.4. The molecular formula is C26H26ClN3O2S. The SMILES string of the molecule is O=C(CC12CC3CC(CC(C3)C1)C2)NC(=S)Nc1cccc(-c2nc3cc(Cl)ccc3o2)c1. The van der Waals surface area contributed by atoms with Crippen LogP contribution in [0.25, 0.3) is 22.6 Å². The van der Waals surface area contributed by atoms with E-state index in [2.05, 4.69) is 15.6 Å². The molecule has 4 saturated carbocycles. The number of carbonyl (C=O) groups is 1. The van der Waals surface area contributed by atoms with Crippen LogP contribution in [0.3, 0.4) is 0 Å². The second-order valence-electron chi connectivity index (χ2n) is 10.3. The number of rotatable bonds is 4. The zero-order chi connectivity index (χ0) is 22.6. The lowest BCUT2D eigenvalue weighted by Gasteiger charge is -2.56. The van der Waals surface area contributed by atoms with Crippen molar-refractivity contribution in [3.63, 3.8) is 0 Å². The first-order chi connectivity index (χ1) is 15.9. The molecule has 7 rings (SSSR count). The van der Waals surface area contributed by atoms with Crippen LogP contribution in [-0.4, -0.2) is 16.0 Å². The van der Waals surface area contributed by atoms with Gasteiger partial charge in [0.05, 0.1) is 0 Å². The van der Waals surface area contributed by atoms with Gasteiger partial charge in [-0.25, -0.2) is 4.98 Å². The van der Waals surface area contributed by atoms with E-state index in [0.29, 0.717) is 33.5 Å². The number of nitrogens with zero attached hydrogens (tertiary/aromatic N) is 1.